The number of nitrogens with one attached hydrogen (secondary N) is 1. The van der Waals surface area contributed by atoms with Gasteiger partial charge in [0.1, 0.15) is 10.3 Å². The van der Waals surface area contributed by atoms with E-state index in [0.29, 0.717) is 43.5 Å². The number of halogens is 1. The van der Waals surface area contributed by atoms with Gasteiger partial charge in [-0.25, -0.2) is 8.42 Å². The molecule has 180 valence electrons. The van der Waals surface area contributed by atoms with E-state index in [9.17, 15) is 18.0 Å². The predicted octanol–water partition coefficient (Wildman–Crippen LogP) is 2.38. The second-order valence-electron chi connectivity index (χ2n) is 8.90. The molecule has 1 aromatic carbocycles. The minimum Gasteiger partial charge on any atom is -0.341 e. The van der Waals surface area contributed by atoms with Gasteiger partial charge >= 0.3 is 0 Å². The first kappa shape index (κ1) is 24.4. The van der Waals surface area contributed by atoms with Gasteiger partial charge in [-0.1, -0.05) is 17.7 Å². The highest BCUT2D eigenvalue weighted by molar-refractivity contribution is 7.91. The molecule has 3 heterocycles. The molecule has 0 unspecified atom stereocenters. The van der Waals surface area contributed by atoms with Crippen LogP contribution >= 0.6 is 22.9 Å². The van der Waals surface area contributed by atoms with Crippen LogP contribution in [0.4, 0.5) is 0 Å². The summed E-state index contributed by atoms with van der Waals surface area (Å²) in [5.41, 5.74) is 0. The van der Waals surface area contributed by atoms with Crippen molar-refractivity contribution in [1.29, 1.82) is 0 Å². The summed E-state index contributed by atoms with van der Waals surface area (Å²) < 4.78 is 29.4. The van der Waals surface area contributed by atoms with Crippen molar-refractivity contribution in [3.05, 3.63) is 29.3 Å². The van der Waals surface area contributed by atoms with Crippen molar-refractivity contribution >= 4 is 54.9 Å². The van der Waals surface area contributed by atoms with Crippen molar-refractivity contribution in [1.82, 2.24) is 19.4 Å². The number of carbonyl (C=O) groups is 2. The van der Waals surface area contributed by atoms with Gasteiger partial charge in [-0.05, 0) is 63.4 Å². The number of piperidine rings is 2. The molecular formula is C22H29ClN4O4S2. The standard InChI is InChI=1S/C22H29ClN4O4S2/c1-25(2)17-7-10-26(11-8-17)20(28)14-27-9-3-4-18(22(27)29)24-33(30,31)21-12-15-5-6-16(23)13-19(15)32-21/h5-6,12-13,17-18,24H,3-4,7-11,14H2,1-2H3/t18-/m0/s1. The number of thiophene rings is 1. The van der Waals surface area contributed by atoms with E-state index < -0.39 is 16.1 Å². The van der Waals surface area contributed by atoms with Gasteiger partial charge in [0.25, 0.3) is 10.0 Å². The quantitative estimate of drug-likeness (QED) is 0.641. The Kier molecular flexibility index (Phi) is 7.30. The number of sulfonamides is 1. The molecule has 0 spiro atoms. The average molecular weight is 513 g/mol. The highest BCUT2D eigenvalue weighted by Crippen LogP contribution is 2.31. The summed E-state index contributed by atoms with van der Waals surface area (Å²) in [6.45, 7) is 1.80. The zero-order valence-corrected chi connectivity index (χ0v) is 21.2. The fraction of sp³-hybridized carbons (Fsp3) is 0.545. The van der Waals surface area contributed by atoms with Gasteiger partial charge in [-0.15, -0.1) is 11.3 Å². The molecule has 33 heavy (non-hydrogen) atoms. The molecule has 1 aromatic heterocycles. The van der Waals surface area contributed by atoms with E-state index in [2.05, 4.69) is 9.62 Å². The van der Waals surface area contributed by atoms with Crippen LogP contribution in [0.25, 0.3) is 10.1 Å². The Bertz CT molecular complexity index is 1140. The number of benzene rings is 1. The minimum absolute atomic E-state index is 0.00885. The van der Waals surface area contributed by atoms with Gasteiger partial charge in [0, 0.05) is 35.4 Å². The Balaban J connectivity index is 1.39. The third-order valence-corrected chi connectivity index (χ3v) is 9.70. The highest BCUT2D eigenvalue weighted by atomic mass is 35.5. The van der Waals surface area contributed by atoms with Crippen LogP contribution in [-0.2, 0) is 19.6 Å². The summed E-state index contributed by atoms with van der Waals surface area (Å²) in [5.74, 6) is -0.420. The number of carbonyl (C=O) groups excluding carboxylic acids is 2. The number of amides is 2. The van der Waals surface area contributed by atoms with E-state index in [1.54, 1.807) is 24.3 Å². The van der Waals surface area contributed by atoms with Crippen molar-refractivity contribution < 1.29 is 18.0 Å². The van der Waals surface area contributed by atoms with Crippen LogP contribution in [0.2, 0.25) is 5.02 Å². The number of nitrogens with zero attached hydrogens (tertiary/aromatic N) is 3. The Morgan fingerprint density at radius 3 is 2.61 bits per heavy atom. The fourth-order valence-corrected chi connectivity index (χ4v) is 7.37. The third kappa shape index (κ3) is 5.51. The van der Waals surface area contributed by atoms with Gasteiger partial charge in [0.05, 0.1) is 6.54 Å². The van der Waals surface area contributed by atoms with E-state index in [0.717, 1.165) is 34.3 Å². The summed E-state index contributed by atoms with van der Waals surface area (Å²) in [6.07, 6.45) is 2.87. The van der Waals surface area contributed by atoms with E-state index in [1.165, 1.54) is 4.90 Å². The number of rotatable bonds is 6. The normalized spacial score (nSPS) is 20.7. The molecule has 2 saturated heterocycles. The first-order chi connectivity index (χ1) is 15.6. The van der Waals surface area contributed by atoms with Gasteiger partial charge < -0.3 is 14.7 Å². The topological polar surface area (TPSA) is 90.0 Å². The Morgan fingerprint density at radius 1 is 1.18 bits per heavy atom. The lowest BCUT2D eigenvalue weighted by Crippen LogP contribution is -2.55. The number of fused-ring (bicyclic) bond motifs is 1. The van der Waals surface area contributed by atoms with Crippen LogP contribution in [0.3, 0.4) is 0 Å². The van der Waals surface area contributed by atoms with Crippen molar-refractivity contribution in [3.63, 3.8) is 0 Å². The van der Waals surface area contributed by atoms with Gasteiger partial charge in [-0.3, -0.25) is 9.59 Å². The Hall–Kier alpha value is -1.72. The second kappa shape index (κ2) is 9.87. The average Bonchev–Trinajstić information content (AvgIpc) is 3.20. The largest absolute Gasteiger partial charge is 0.341 e. The molecule has 0 aliphatic carbocycles. The molecule has 8 nitrogen and oxygen atoms in total. The van der Waals surface area contributed by atoms with Gasteiger partial charge in [0.2, 0.25) is 11.8 Å². The molecule has 0 saturated carbocycles. The van der Waals surface area contributed by atoms with Crippen molar-refractivity contribution in [2.24, 2.45) is 0 Å². The first-order valence-electron chi connectivity index (χ1n) is 11.1. The molecule has 0 bridgehead atoms. The van der Waals surface area contributed by atoms with E-state index in [1.807, 2.05) is 19.0 Å². The van der Waals surface area contributed by atoms with Crippen LogP contribution in [0.15, 0.2) is 28.5 Å². The van der Waals surface area contributed by atoms with Gasteiger partial charge in [0.15, 0.2) is 0 Å². The maximum Gasteiger partial charge on any atom is 0.250 e. The second-order valence-corrected chi connectivity index (χ2v) is 12.4. The summed E-state index contributed by atoms with van der Waals surface area (Å²) in [7, 11) is 0.214. The lowest BCUT2D eigenvalue weighted by molar-refractivity contribution is -0.143. The summed E-state index contributed by atoms with van der Waals surface area (Å²) >= 11 is 7.13. The van der Waals surface area contributed by atoms with Crippen LogP contribution < -0.4 is 4.72 Å². The first-order valence-corrected chi connectivity index (χ1v) is 13.8. The van der Waals surface area contributed by atoms with Crippen LogP contribution in [0, 0.1) is 0 Å². The lowest BCUT2D eigenvalue weighted by atomic mass is 10.0. The minimum atomic E-state index is -3.88. The van der Waals surface area contributed by atoms with E-state index in [-0.39, 0.29) is 22.6 Å². The molecule has 2 aromatic rings. The molecular weight excluding hydrogens is 484 g/mol. The maximum atomic E-state index is 13.0. The van der Waals surface area contributed by atoms with Crippen molar-refractivity contribution in [2.45, 2.75) is 42.0 Å². The summed E-state index contributed by atoms with van der Waals surface area (Å²) in [4.78, 5) is 31.3. The zero-order valence-electron chi connectivity index (χ0n) is 18.8. The van der Waals surface area contributed by atoms with Gasteiger partial charge in [-0.2, -0.15) is 4.72 Å². The number of hydrogen-bond acceptors (Lipinski definition) is 6. The van der Waals surface area contributed by atoms with E-state index >= 15 is 0 Å². The lowest BCUT2D eigenvalue weighted by Gasteiger charge is -2.37. The molecule has 11 heteroatoms. The van der Waals surface area contributed by atoms with Crippen molar-refractivity contribution in [3.8, 4) is 0 Å². The monoisotopic (exact) mass is 512 g/mol. The highest BCUT2D eigenvalue weighted by Gasteiger charge is 2.35. The third-order valence-electron chi connectivity index (χ3n) is 6.43. The molecule has 2 aliphatic rings. The smallest absolute Gasteiger partial charge is 0.250 e. The molecule has 0 radical (unpaired) electrons. The van der Waals surface area contributed by atoms with Crippen molar-refractivity contribution in [2.75, 3.05) is 40.3 Å². The number of hydrogen-bond donors (Lipinski definition) is 1. The summed E-state index contributed by atoms with van der Waals surface area (Å²) in [6, 6.07) is 6.39. The molecule has 1 N–H and O–H groups in total. The number of likely N-dealkylation sites (tertiary alicyclic amines) is 2. The molecule has 2 aliphatic heterocycles. The Labute approximate surface area is 203 Å². The molecule has 2 fully saturated rings. The maximum absolute atomic E-state index is 13.0. The molecule has 1 atom stereocenters. The SMILES string of the molecule is CN(C)C1CCN(C(=O)CN2CCC[C@H](NS(=O)(=O)c3cc4ccc(Cl)cc4s3)C2=O)CC1. The van der Waals surface area contributed by atoms with Crippen LogP contribution in [0.1, 0.15) is 25.7 Å². The molecule has 2 amide bonds. The predicted molar refractivity (Wildman–Crippen MR) is 130 cm³/mol. The molecule has 4 rings (SSSR count). The van der Waals surface area contributed by atoms with Crippen LogP contribution in [0.5, 0.6) is 0 Å². The van der Waals surface area contributed by atoms with Crippen LogP contribution in [-0.4, -0.2) is 87.3 Å². The summed E-state index contributed by atoms with van der Waals surface area (Å²) in [5, 5.41) is 1.32. The fourth-order valence-electron chi connectivity index (χ4n) is 4.46. The van der Waals surface area contributed by atoms with E-state index in [4.69, 9.17) is 11.6 Å². The zero-order chi connectivity index (χ0) is 23.8. The Morgan fingerprint density at radius 2 is 1.91 bits per heavy atom.